The number of nitrogens with one attached hydrogen (secondary N) is 1. The summed E-state index contributed by atoms with van der Waals surface area (Å²) in [5.41, 5.74) is 3.94. The monoisotopic (exact) mass is 537 g/mol. The van der Waals surface area contributed by atoms with Crippen molar-refractivity contribution in [3.8, 4) is 6.07 Å². The number of nitriles is 1. The molecule has 0 saturated heterocycles. The van der Waals surface area contributed by atoms with E-state index in [-0.39, 0.29) is 23.8 Å². The van der Waals surface area contributed by atoms with Crippen molar-refractivity contribution >= 4 is 28.1 Å². The van der Waals surface area contributed by atoms with Crippen LogP contribution in [0.2, 0.25) is 0 Å². The maximum atomic E-state index is 13.9. The lowest BCUT2D eigenvalue weighted by Crippen LogP contribution is -2.45. The van der Waals surface area contributed by atoms with E-state index in [0.717, 1.165) is 34.6 Å². The van der Waals surface area contributed by atoms with E-state index >= 15 is 0 Å². The summed E-state index contributed by atoms with van der Waals surface area (Å²) in [6, 6.07) is 21.7. The van der Waals surface area contributed by atoms with Crippen LogP contribution in [-0.2, 0) is 29.5 Å². The highest BCUT2D eigenvalue weighted by molar-refractivity contribution is 7.89. The third kappa shape index (κ3) is 5.67. The zero-order valence-electron chi connectivity index (χ0n) is 19.8. The summed E-state index contributed by atoms with van der Waals surface area (Å²) in [6.07, 6.45) is 3.84. The van der Waals surface area contributed by atoms with Gasteiger partial charge in [-0.1, -0.05) is 30.3 Å². The number of H-pyrrole nitrogens is 1. The van der Waals surface area contributed by atoms with Gasteiger partial charge in [-0.2, -0.15) is 9.57 Å². The Morgan fingerprint density at radius 1 is 1.08 bits per heavy atom. The Morgan fingerprint density at radius 3 is 2.51 bits per heavy atom. The molecular weight excluding hydrogens is 513 g/mol. The molecule has 1 atom stereocenters. The van der Waals surface area contributed by atoms with Gasteiger partial charge in [0.25, 0.3) is 0 Å². The molecule has 5 rings (SSSR count). The van der Waals surface area contributed by atoms with Crippen LogP contribution in [0.5, 0.6) is 0 Å². The average Bonchev–Trinajstić information content (AvgIpc) is 3.35. The fourth-order valence-electron chi connectivity index (χ4n) is 4.63. The van der Waals surface area contributed by atoms with E-state index in [9.17, 15) is 18.1 Å². The third-order valence-electron chi connectivity index (χ3n) is 6.36. The lowest BCUT2D eigenvalue weighted by Gasteiger charge is -2.32. The van der Waals surface area contributed by atoms with Crippen molar-refractivity contribution in [3.63, 3.8) is 0 Å². The molecule has 37 heavy (non-hydrogen) atoms. The zero-order valence-corrected chi connectivity index (χ0v) is 21.4. The van der Waals surface area contributed by atoms with Gasteiger partial charge in [0.05, 0.1) is 35.1 Å². The molecule has 1 aromatic heterocycles. The summed E-state index contributed by atoms with van der Waals surface area (Å²) in [5, 5.41) is 9.52. The summed E-state index contributed by atoms with van der Waals surface area (Å²) >= 11 is 0. The van der Waals surface area contributed by atoms with Gasteiger partial charge in [-0.25, -0.2) is 17.8 Å². The van der Waals surface area contributed by atoms with Crippen molar-refractivity contribution in [1.29, 1.82) is 5.26 Å². The molecule has 1 N–H and O–H groups in total. The van der Waals surface area contributed by atoms with Crippen molar-refractivity contribution in [3.05, 3.63) is 114 Å². The minimum absolute atomic E-state index is 0. The number of halogens is 2. The van der Waals surface area contributed by atoms with Gasteiger partial charge < -0.3 is 9.88 Å². The SMILES string of the molecule is Cl.N#Cc1ccc2c(c1)CN(S(=O)(=O)c1ccc(F)cc1)[C@H](Cc1ccccc1)CN2Cc1cnc[nH]1. The van der Waals surface area contributed by atoms with Crippen LogP contribution in [0.15, 0.2) is 90.2 Å². The molecule has 1 aliphatic rings. The summed E-state index contributed by atoms with van der Waals surface area (Å²) in [5.74, 6) is -0.500. The smallest absolute Gasteiger partial charge is 0.243 e. The fourth-order valence-corrected chi connectivity index (χ4v) is 6.23. The number of hydrogen-bond acceptors (Lipinski definition) is 5. The second kappa shape index (κ2) is 11.1. The van der Waals surface area contributed by atoms with Gasteiger partial charge in [0.2, 0.25) is 10.0 Å². The molecule has 2 heterocycles. The average molecular weight is 538 g/mol. The first-order chi connectivity index (χ1) is 17.4. The minimum Gasteiger partial charge on any atom is -0.364 e. The Morgan fingerprint density at radius 2 is 1.84 bits per heavy atom. The van der Waals surface area contributed by atoms with Gasteiger partial charge in [0.15, 0.2) is 0 Å². The number of rotatable bonds is 6. The second-order valence-corrected chi connectivity index (χ2v) is 10.7. The highest BCUT2D eigenvalue weighted by Crippen LogP contribution is 2.33. The van der Waals surface area contributed by atoms with Crippen LogP contribution in [0.25, 0.3) is 0 Å². The van der Waals surface area contributed by atoms with Crippen LogP contribution in [0.3, 0.4) is 0 Å². The molecule has 7 nitrogen and oxygen atoms in total. The summed E-state index contributed by atoms with van der Waals surface area (Å²) < 4.78 is 43.0. The Bertz CT molecular complexity index is 1490. The predicted octanol–water partition coefficient (Wildman–Crippen LogP) is 4.66. The van der Waals surface area contributed by atoms with E-state index in [1.165, 1.54) is 16.4 Å². The number of hydrogen-bond donors (Lipinski definition) is 1. The van der Waals surface area contributed by atoms with E-state index in [2.05, 4.69) is 20.9 Å². The summed E-state index contributed by atoms with van der Waals surface area (Å²) in [4.78, 5) is 9.40. The van der Waals surface area contributed by atoms with Gasteiger partial charge in [-0.15, -0.1) is 12.4 Å². The number of anilines is 1. The number of imidazole rings is 1. The lowest BCUT2D eigenvalue weighted by atomic mass is 10.1. The number of aromatic amines is 1. The predicted molar refractivity (Wildman–Crippen MR) is 141 cm³/mol. The second-order valence-electron chi connectivity index (χ2n) is 8.76. The number of fused-ring (bicyclic) bond motifs is 1. The topological polar surface area (TPSA) is 93.1 Å². The Kier molecular flexibility index (Phi) is 7.93. The fraction of sp³-hybridized carbons (Fsp3) is 0.185. The number of benzene rings is 3. The van der Waals surface area contributed by atoms with Crippen molar-refractivity contribution in [2.75, 3.05) is 11.4 Å². The van der Waals surface area contributed by atoms with Crippen LogP contribution in [0.4, 0.5) is 10.1 Å². The normalized spacial score (nSPS) is 15.8. The Balaban J connectivity index is 0.00000320. The number of nitrogens with zero attached hydrogens (tertiary/aromatic N) is 4. The molecule has 0 fully saturated rings. The molecule has 0 spiro atoms. The molecule has 0 bridgehead atoms. The molecule has 1 aliphatic heterocycles. The molecule has 10 heteroatoms. The third-order valence-corrected chi connectivity index (χ3v) is 8.28. The molecule has 190 valence electrons. The largest absolute Gasteiger partial charge is 0.364 e. The van der Waals surface area contributed by atoms with Gasteiger partial charge >= 0.3 is 0 Å². The zero-order chi connectivity index (χ0) is 25.1. The summed E-state index contributed by atoms with van der Waals surface area (Å²) in [6.45, 7) is 0.989. The maximum Gasteiger partial charge on any atom is 0.243 e. The first-order valence-corrected chi connectivity index (χ1v) is 12.9. The molecule has 0 radical (unpaired) electrons. The van der Waals surface area contributed by atoms with E-state index in [0.29, 0.717) is 25.1 Å². The van der Waals surface area contributed by atoms with E-state index in [4.69, 9.17) is 0 Å². The van der Waals surface area contributed by atoms with Gasteiger partial charge in [0, 0.05) is 31.0 Å². The van der Waals surface area contributed by atoms with E-state index < -0.39 is 21.9 Å². The van der Waals surface area contributed by atoms with Gasteiger partial charge in [-0.05, 0) is 60.0 Å². The van der Waals surface area contributed by atoms with Gasteiger partial charge in [-0.3, -0.25) is 0 Å². The highest BCUT2D eigenvalue weighted by atomic mass is 35.5. The van der Waals surface area contributed by atoms with Crippen molar-refractivity contribution in [2.45, 2.75) is 30.4 Å². The van der Waals surface area contributed by atoms with Gasteiger partial charge in [0.1, 0.15) is 5.82 Å². The van der Waals surface area contributed by atoms with Crippen LogP contribution in [-0.4, -0.2) is 35.3 Å². The van der Waals surface area contributed by atoms with Crippen molar-refractivity contribution in [1.82, 2.24) is 14.3 Å². The van der Waals surface area contributed by atoms with Crippen molar-refractivity contribution < 1.29 is 12.8 Å². The quantitative estimate of drug-likeness (QED) is 0.386. The lowest BCUT2D eigenvalue weighted by molar-refractivity contribution is 0.318. The van der Waals surface area contributed by atoms with Crippen LogP contribution >= 0.6 is 12.4 Å². The molecular formula is C27H25ClFN5O2S. The van der Waals surface area contributed by atoms with Crippen LogP contribution in [0.1, 0.15) is 22.4 Å². The maximum absolute atomic E-state index is 13.9. The van der Waals surface area contributed by atoms with Crippen molar-refractivity contribution in [2.24, 2.45) is 0 Å². The number of aromatic nitrogens is 2. The molecule has 0 saturated carbocycles. The van der Waals surface area contributed by atoms with Crippen LogP contribution in [0, 0.1) is 17.1 Å². The minimum atomic E-state index is -3.98. The first-order valence-electron chi connectivity index (χ1n) is 11.5. The standard InChI is InChI=1S/C27H24FN5O2S.ClH/c28-23-7-9-26(10-8-23)36(34,35)33-16-22-12-21(14-29)6-11-27(22)32(17-24-15-30-19-31-24)18-25(33)13-20-4-2-1-3-5-20;/h1-12,15,19,25H,13,16-18H2,(H,30,31);1H/t25-;/m1./s1. The first kappa shape index (κ1) is 26.4. The molecule has 0 amide bonds. The van der Waals surface area contributed by atoms with E-state index in [1.807, 2.05) is 36.4 Å². The molecule has 0 unspecified atom stereocenters. The van der Waals surface area contributed by atoms with Crippen LogP contribution < -0.4 is 4.90 Å². The molecule has 4 aromatic rings. The summed E-state index contributed by atoms with van der Waals surface area (Å²) in [7, 11) is -3.98. The highest BCUT2D eigenvalue weighted by Gasteiger charge is 2.36. The van der Waals surface area contributed by atoms with E-state index in [1.54, 1.807) is 24.7 Å². The number of sulfonamides is 1. The Labute approximate surface area is 221 Å². The molecule has 0 aliphatic carbocycles. The molecule has 3 aromatic carbocycles. The Hall–Kier alpha value is -3.71.